The summed E-state index contributed by atoms with van der Waals surface area (Å²) in [5, 5.41) is 5.80. The number of benzene rings is 3. The maximum Gasteiger partial charge on any atom is 0.408 e. The van der Waals surface area contributed by atoms with Crippen molar-refractivity contribution in [2.45, 2.75) is 65.6 Å². The van der Waals surface area contributed by atoms with Gasteiger partial charge in [-0.15, -0.1) is 6.58 Å². The lowest BCUT2D eigenvalue weighted by Crippen LogP contribution is -2.53. The summed E-state index contributed by atoms with van der Waals surface area (Å²) in [6.07, 6.45) is 1.09. The van der Waals surface area contributed by atoms with Crippen LogP contribution in [0.25, 0.3) is 0 Å². The van der Waals surface area contributed by atoms with Gasteiger partial charge in [0, 0.05) is 18.7 Å². The van der Waals surface area contributed by atoms with Crippen LogP contribution in [0.5, 0.6) is 0 Å². The van der Waals surface area contributed by atoms with Crippen LogP contribution >= 0.6 is 0 Å². The van der Waals surface area contributed by atoms with Crippen LogP contribution in [0.4, 0.5) is 10.5 Å². The number of para-hydroxylation sites is 1. The van der Waals surface area contributed by atoms with Gasteiger partial charge in [-0.2, -0.15) is 0 Å². The van der Waals surface area contributed by atoms with Gasteiger partial charge in [0.2, 0.25) is 5.91 Å². The van der Waals surface area contributed by atoms with Gasteiger partial charge in [-0.25, -0.2) is 4.79 Å². The first-order chi connectivity index (χ1) is 19.4. The second kappa shape index (κ2) is 13.8. The molecule has 0 saturated heterocycles. The molecule has 7 heteroatoms. The molecule has 0 heterocycles. The Morgan fingerprint density at radius 3 is 2.17 bits per heavy atom. The standard InChI is InChI=1S/C34H41N3O4/c1-8-21-37(32(39)29(22-26-17-10-9-11-18-26)36-33(40)41-34(5,6)7)30(27-19-14-16-23(2)25(27)4)31(38)35-28-20-13-12-15-24(28)3/h8-20,29-30H,1,21-22H2,2-7H3,(H,35,38)(H,36,40). The lowest BCUT2D eigenvalue weighted by molar-refractivity contribution is -0.140. The van der Waals surface area contributed by atoms with E-state index >= 15 is 0 Å². The summed E-state index contributed by atoms with van der Waals surface area (Å²) in [5.74, 6) is -0.788. The predicted octanol–water partition coefficient (Wildman–Crippen LogP) is 6.44. The monoisotopic (exact) mass is 555 g/mol. The minimum atomic E-state index is -0.994. The molecule has 0 fully saturated rings. The molecule has 2 N–H and O–H groups in total. The smallest absolute Gasteiger partial charge is 0.408 e. The van der Waals surface area contributed by atoms with E-state index in [9.17, 15) is 14.4 Å². The Labute approximate surface area is 243 Å². The van der Waals surface area contributed by atoms with E-state index in [0.717, 1.165) is 22.3 Å². The molecule has 0 bridgehead atoms. The first-order valence-electron chi connectivity index (χ1n) is 13.8. The maximum absolute atomic E-state index is 14.4. The first-order valence-corrected chi connectivity index (χ1v) is 13.8. The van der Waals surface area contributed by atoms with E-state index in [4.69, 9.17) is 4.74 Å². The average molecular weight is 556 g/mol. The molecule has 3 aromatic carbocycles. The number of anilines is 1. The van der Waals surface area contributed by atoms with Gasteiger partial charge < -0.3 is 20.3 Å². The fraction of sp³-hybridized carbons (Fsp3) is 0.324. The minimum Gasteiger partial charge on any atom is -0.444 e. The molecular formula is C34H41N3O4. The SMILES string of the molecule is C=CCN(C(=O)C(Cc1ccccc1)NC(=O)OC(C)(C)C)C(C(=O)Nc1ccccc1C)c1cccc(C)c1C. The number of nitrogens with one attached hydrogen (secondary N) is 2. The number of carbonyl (C=O) groups excluding carboxylic acids is 3. The number of amides is 3. The van der Waals surface area contributed by atoms with Crippen molar-refractivity contribution in [1.82, 2.24) is 10.2 Å². The van der Waals surface area contributed by atoms with Crippen LogP contribution in [-0.2, 0) is 20.7 Å². The number of hydrogen-bond donors (Lipinski definition) is 2. The fourth-order valence-corrected chi connectivity index (χ4v) is 4.60. The zero-order chi connectivity index (χ0) is 30.2. The third-order valence-electron chi connectivity index (χ3n) is 6.78. The number of aryl methyl sites for hydroxylation is 2. The molecule has 0 saturated carbocycles. The molecule has 3 aromatic rings. The molecule has 3 rings (SSSR count). The van der Waals surface area contributed by atoms with Crippen LogP contribution in [0.2, 0.25) is 0 Å². The molecule has 0 radical (unpaired) electrons. The van der Waals surface area contributed by atoms with Crippen molar-refractivity contribution in [3.05, 3.63) is 113 Å². The second-order valence-electron chi connectivity index (χ2n) is 11.2. The number of alkyl carbamates (subject to hydrolysis) is 1. The van der Waals surface area contributed by atoms with Gasteiger partial charge in [0.1, 0.15) is 17.7 Å². The normalized spacial score (nSPS) is 12.5. The number of carbonyl (C=O) groups is 3. The second-order valence-corrected chi connectivity index (χ2v) is 11.2. The van der Waals surface area contributed by atoms with Crippen molar-refractivity contribution < 1.29 is 19.1 Å². The lowest BCUT2D eigenvalue weighted by atomic mass is 9.94. The quantitative estimate of drug-likeness (QED) is 0.282. The van der Waals surface area contributed by atoms with E-state index in [-0.39, 0.29) is 18.9 Å². The van der Waals surface area contributed by atoms with E-state index in [2.05, 4.69) is 17.2 Å². The Balaban J connectivity index is 2.09. The van der Waals surface area contributed by atoms with Gasteiger partial charge in [0.15, 0.2) is 0 Å². The zero-order valence-electron chi connectivity index (χ0n) is 24.9. The summed E-state index contributed by atoms with van der Waals surface area (Å²) in [6, 6.07) is 20.6. The Morgan fingerprint density at radius 1 is 0.902 bits per heavy atom. The Morgan fingerprint density at radius 2 is 1.54 bits per heavy atom. The summed E-state index contributed by atoms with van der Waals surface area (Å²) >= 11 is 0. The van der Waals surface area contributed by atoms with E-state index in [1.165, 1.54) is 4.90 Å². The molecule has 2 atom stereocenters. The number of nitrogens with zero attached hydrogens (tertiary/aromatic N) is 1. The Bertz CT molecular complexity index is 1380. The van der Waals surface area contributed by atoms with E-state index in [1.54, 1.807) is 26.8 Å². The molecule has 2 unspecified atom stereocenters. The summed E-state index contributed by atoms with van der Waals surface area (Å²) in [6.45, 7) is 15.1. The van der Waals surface area contributed by atoms with Crippen LogP contribution in [0.3, 0.4) is 0 Å². The molecule has 7 nitrogen and oxygen atoms in total. The molecule has 41 heavy (non-hydrogen) atoms. The van der Waals surface area contributed by atoms with Crippen molar-refractivity contribution in [3.8, 4) is 0 Å². The van der Waals surface area contributed by atoms with Gasteiger partial charge in [-0.05, 0) is 75.4 Å². The molecule has 0 aromatic heterocycles. The number of rotatable bonds is 10. The topological polar surface area (TPSA) is 87.7 Å². The summed E-state index contributed by atoms with van der Waals surface area (Å²) in [4.78, 5) is 42.9. The van der Waals surface area contributed by atoms with Crippen molar-refractivity contribution in [1.29, 1.82) is 0 Å². The highest BCUT2D eigenvalue weighted by Gasteiger charge is 2.37. The van der Waals surface area contributed by atoms with Crippen LogP contribution in [0.15, 0.2) is 85.5 Å². The molecule has 0 aliphatic carbocycles. The van der Waals surface area contributed by atoms with Gasteiger partial charge in [0.25, 0.3) is 5.91 Å². The predicted molar refractivity (Wildman–Crippen MR) is 164 cm³/mol. The molecular weight excluding hydrogens is 514 g/mol. The third kappa shape index (κ3) is 8.55. The fourth-order valence-electron chi connectivity index (χ4n) is 4.60. The highest BCUT2D eigenvalue weighted by atomic mass is 16.6. The Hall–Kier alpha value is -4.39. The minimum absolute atomic E-state index is 0.0827. The van der Waals surface area contributed by atoms with Crippen molar-refractivity contribution in [2.75, 3.05) is 11.9 Å². The summed E-state index contributed by atoms with van der Waals surface area (Å²) < 4.78 is 5.50. The zero-order valence-corrected chi connectivity index (χ0v) is 24.9. The summed E-state index contributed by atoms with van der Waals surface area (Å²) in [5.41, 5.74) is 4.26. The third-order valence-corrected chi connectivity index (χ3v) is 6.78. The van der Waals surface area contributed by atoms with Crippen LogP contribution in [0, 0.1) is 20.8 Å². The van der Waals surface area contributed by atoms with Crippen LogP contribution in [-0.4, -0.2) is 41.0 Å². The van der Waals surface area contributed by atoms with Crippen LogP contribution < -0.4 is 10.6 Å². The van der Waals surface area contributed by atoms with Gasteiger partial charge in [-0.3, -0.25) is 9.59 Å². The number of hydrogen-bond acceptors (Lipinski definition) is 4. The van der Waals surface area contributed by atoms with Gasteiger partial charge in [0.05, 0.1) is 0 Å². The summed E-state index contributed by atoms with van der Waals surface area (Å²) in [7, 11) is 0. The lowest BCUT2D eigenvalue weighted by Gasteiger charge is -2.35. The maximum atomic E-state index is 14.4. The van der Waals surface area contributed by atoms with Crippen molar-refractivity contribution >= 4 is 23.6 Å². The van der Waals surface area contributed by atoms with E-state index in [0.29, 0.717) is 11.3 Å². The molecule has 216 valence electrons. The Kier molecular flexibility index (Phi) is 10.5. The highest BCUT2D eigenvalue weighted by Crippen LogP contribution is 2.29. The van der Waals surface area contributed by atoms with Gasteiger partial charge in [-0.1, -0.05) is 72.8 Å². The van der Waals surface area contributed by atoms with Crippen molar-refractivity contribution in [3.63, 3.8) is 0 Å². The molecule has 0 spiro atoms. The first kappa shape index (κ1) is 31.1. The average Bonchev–Trinajstić information content (AvgIpc) is 2.91. The van der Waals surface area contributed by atoms with Crippen molar-refractivity contribution in [2.24, 2.45) is 0 Å². The van der Waals surface area contributed by atoms with E-state index < -0.39 is 29.7 Å². The van der Waals surface area contributed by atoms with Crippen LogP contribution in [0.1, 0.15) is 54.6 Å². The van der Waals surface area contributed by atoms with E-state index in [1.807, 2.05) is 93.6 Å². The molecule has 3 amide bonds. The molecule has 0 aliphatic rings. The molecule has 0 aliphatic heterocycles. The van der Waals surface area contributed by atoms with Gasteiger partial charge >= 0.3 is 6.09 Å². The number of ether oxygens (including phenoxy) is 1. The highest BCUT2D eigenvalue weighted by molar-refractivity contribution is 5.99. The largest absolute Gasteiger partial charge is 0.444 e.